The maximum Gasteiger partial charge on any atom is 0.356 e. The van der Waals surface area contributed by atoms with Gasteiger partial charge in [0.15, 0.2) is 0 Å². The predicted molar refractivity (Wildman–Crippen MR) is 67.8 cm³/mol. The maximum absolute atomic E-state index is 12.0. The van der Waals surface area contributed by atoms with Gasteiger partial charge in [0.2, 0.25) is 5.95 Å². The van der Waals surface area contributed by atoms with Crippen molar-refractivity contribution in [2.75, 3.05) is 12.4 Å². The van der Waals surface area contributed by atoms with Gasteiger partial charge in [-0.1, -0.05) is 0 Å². The van der Waals surface area contributed by atoms with E-state index < -0.39 is 0 Å². The van der Waals surface area contributed by atoms with E-state index >= 15 is 0 Å². The number of aryl methyl sites for hydroxylation is 2. The third-order valence-corrected chi connectivity index (χ3v) is 3.38. The number of nitrogens with one attached hydrogen (secondary N) is 1. The van der Waals surface area contributed by atoms with Crippen molar-refractivity contribution < 1.29 is 0 Å². The van der Waals surface area contributed by atoms with Gasteiger partial charge in [-0.2, -0.15) is 9.97 Å². The van der Waals surface area contributed by atoms with Gasteiger partial charge >= 0.3 is 5.69 Å². The summed E-state index contributed by atoms with van der Waals surface area (Å²) < 4.78 is 1.57. The van der Waals surface area contributed by atoms with E-state index in [9.17, 15) is 4.79 Å². The van der Waals surface area contributed by atoms with Gasteiger partial charge in [0.05, 0.1) is 0 Å². The molecule has 2 rings (SSSR count). The second-order valence-corrected chi connectivity index (χ2v) is 4.20. The van der Waals surface area contributed by atoms with E-state index in [1.807, 2.05) is 27.7 Å². The van der Waals surface area contributed by atoms with Gasteiger partial charge in [0.1, 0.15) is 5.65 Å². The van der Waals surface area contributed by atoms with E-state index in [4.69, 9.17) is 0 Å². The molecule has 0 atom stereocenters. The third kappa shape index (κ3) is 1.58. The third-order valence-electron chi connectivity index (χ3n) is 3.38. The zero-order valence-electron chi connectivity index (χ0n) is 10.7. The number of nitrogens with zero attached hydrogens (tertiary/aromatic N) is 3. The van der Waals surface area contributed by atoms with Crippen LogP contribution in [0.15, 0.2) is 4.79 Å². The molecule has 5 heteroatoms. The van der Waals surface area contributed by atoms with E-state index in [0.717, 1.165) is 16.8 Å². The molecule has 0 aliphatic heterocycles. The standard InChI is InChI=1S/C12H16N4O/c1-6-7(2)9(4)16-10(8(6)3)14-11(13-5)15-12(16)17/h1-5H3,(H,13,15,17). The van der Waals surface area contributed by atoms with E-state index in [0.29, 0.717) is 11.6 Å². The van der Waals surface area contributed by atoms with Crippen molar-refractivity contribution in [1.29, 1.82) is 0 Å². The zero-order chi connectivity index (χ0) is 12.7. The summed E-state index contributed by atoms with van der Waals surface area (Å²) in [7, 11) is 1.70. The van der Waals surface area contributed by atoms with E-state index in [1.54, 1.807) is 11.4 Å². The summed E-state index contributed by atoms with van der Waals surface area (Å²) in [5, 5.41) is 2.81. The first-order chi connectivity index (χ1) is 7.97. The predicted octanol–water partition coefficient (Wildman–Crippen LogP) is 1.36. The molecular formula is C12H16N4O. The second kappa shape index (κ2) is 3.84. The number of anilines is 1. The minimum atomic E-state index is -0.289. The fourth-order valence-corrected chi connectivity index (χ4v) is 1.96. The highest BCUT2D eigenvalue weighted by atomic mass is 16.1. The monoisotopic (exact) mass is 232 g/mol. The number of hydrogen-bond acceptors (Lipinski definition) is 4. The van der Waals surface area contributed by atoms with Crippen LogP contribution in [0.25, 0.3) is 5.65 Å². The Morgan fingerprint density at radius 1 is 1.00 bits per heavy atom. The molecule has 17 heavy (non-hydrogen) atoms. The molecule has 0 saturated heterocycles. The van der Waals surface area contributed by atoms with Gasteiger partial charge in [-0.25, -0.2) is 9.20 Å². The number of hydrogen-bond donors (Lipinski definition) is 1. The Kier molecular flexibility index (Phi) is 2.61. The smallest absolute Gasteiger partial charge is 0.356 e. The highest BCUT2D eigenvalue weighted by Crippen LogP contribution is 2.19. The Balaban J connectivity index is 3.06. The minimum absolute atomic E-state index is 0.289. The maximum atomic E-state index is 12.0. The molecule has 0 bridgehead atoms. The molecular weight excluding hydrogens is 216 g/mol. The van der Waals surface area contributed by atoms with Crippen LogP contribution in [-0.4, -0.2) is 21.4 Å². The van der Waals surface area contributed by atoms with Crippen LogP contribution in [0, 0.1) is 27.7 Å². The molecule has 0 unspecified atom stereocenters. The van der Waals surface area contributed by atoms with Crippen molar-refractivity contribution >= 4 is 11.6 Å². The number of fused-ring (bicyclic) bond motifs is 1. The molecule has 0 saturated carbocycles. The minimum Gasteiger partial charge on any atom is -0.357 e. The number of rotatable bonds is 1. The summed E-state index contributed by atoms with van der Waals surface area (Å²) in [5.74, 6) is 0.362. The van der Waals surface area contributed by atoms with Gasteiger partial charge < -0.3 is 5.32 Å². The summed E-state index contributed by atoms with van der Waals surface area (Å²) in [6.07, 6.45) is 0. The average Bonchev–Trinajstić information content (AvgIpc) is 2.32. The Labute approximate surface area is 99.5 Å². The van der Waals surface area contributed by atoms with Crippen LogP contribution in [0.1, 0.15) is 22.4 Å². The first kappa shape index (κ1) is 11.6. The Hall–Kier alpha value is -1.91. The van der Waals surface area contributed by atoms with Crippen LogP contribution in [0.4, 0.5) is 5.95 Å². The Morgan fingerprint density at radius 2 is 1.65 bits per heavy atom. The average molecular weight is 232 g/mol. The van der Waals surface area contributed by atoms with E-state index in [2.05, 4.69) is 15.3 Å². The summed E-state index contributed by atoms with van der Waals surface area (Å²) in [6.45, 7) is 7.94. The summed E-state index contributed by atoms with van der Waals surface area (Å²) in [4.78, 5) is 20.2. The summed E-state index contributed by atoms with van der Waals surface area (Å²) >= 11 is 0. The highest BCUT2D eigenvalue weighted by molar-refractivity contribution is 5.56. The van der Waals surface area contributed by atoms with Gasteiger partial charge in [-0.3, -0.25) is 0 Å². The molecule has 0 spiro atoms. The molecule has 1 N–H and O–H groups in total. The fraction of sp³-hybridized carbons (Fsp3) is 0.417. The van der Waals surface area contributed by atoms with Crippen LogP contribution >= 0.6 is 0 Å². The van der Waals surface area contributed by atoms with Gasteiger partial charge in [-0.15, -0.1) is 0 Å². The number of pyridine rings is 1. The lowest BCUT2D eigenvalue weighted by atomic mass is 10.0. The summed E-state index contributed by atoms with van der Waals surface area (Å²) in [5.41, 5.74) is 4.58. The van der Waals surface area contributed by atoms with Crippen molar-refractivity contribution in [3.63, 3.8) is 0 Å². The lowest BCUT2D eigenvalue weighted by Gasteiger charge is -2.14. The van der Waals surface area contributed by atoms with Gasteiger partial charge in [0, 0.05) is 12.7 Å². The first-order valence-corrected chi connectivity index (χ1v) is 5.52. The topological polar surface area (TPSA) is 59.3 Å². The van der Waals surface area contributed by atoms with Crippen LogP contribution < -0.4 is 11.0 Å². The molecule has 0 aromatic carbocycles. The van der Waals surface area contributed by atoms with E-state index in [-0.39, 0.29) is 5.69 Å². The van der Waals surface area contributed by atoms with Crippen LogP contribution in [0.5, 0.6) is 0 Å². The Bertz CT molecular complexity index is 658. The molecule has 0 fully saturated rings. The molecule has 90 valence electrons. The molecule has 2 aromatic heterocycles. The quantitative estimate of drug-likeness (QED) is 0.806. The van der Waals surface area contributed by atoms with E-state index in [1.165, 1.54) is 5.56 Å². The molecule has 0 amide bonds. The second-order valence-electron chi connectivity index (χ2n) is 4.20. The van der Waals surface area contributed by atoms with Crippen molar-refractivity contribution in [2.45, 2.75) is 27.7 Å². The van der Waals surface area contributed by atoms with Crippen molar-refractivity contribution in [1.82, 2.24) is 14.4 Å². The normalized spacial score (nSPS) is 10.9. The molecule has 2 heterocycles. The first-order valence-electron chi connectivity index (χ1n) is 5.52. The van der Waals surface area contributed by atoms with Crippen molar-refractivity contribution in [2.24, 2.45) is 0 Å². The van der Waals surface area contributed by atoms with Gasteiger partial charge in [-0.05, 0) is 44.4 Å². The molecule has 0 aliphatic rings. The SMILES string of the molecule is CNc1nc(=O)n2c(C)c(C)c(C)c(C)c2n1. The molecule has 0 radical (unpaired) electrons. The lowest BCUT2D eigenvalue weighted by Crippen LogP contribution is -2.23. The largest absolute Gasteiger partial charge is 0.357 e. The lowest BCUT2D eigenvalue weighted by molar-refractivity contribution is 0.889. The van der Waals surface area contributed by atoms with Crippen LogP contribution in [-0.2, 0) is 0 Å². The molecule has 5 nitrogen and oxygen atoms in total. The van der Waals surface area contributed by atoms with Gasteiger partial charge in [0.25, 0.3) is 0 Å². The Morgan fingerprint density at radius 3 is 2.24 bits per heavy atom. The van der Waals surface area contributed by atoms with Crippen molar-refractivity contribution in [3.8, 4) is 0 Å². The summed E-state index contributed by atoms with van der Waals surface area (Å²) in [6, 6.07) is 0. The highest BCUT2D eigenvalue weighted by Gasteiger charge is 2.12. The molecule has 2 aromatic rings. The molecule has 0 aliphatic carbocycles. The zero-order valence-corrected chi connectivity index (χ0v) is 10.7. The number of aromatic nitrogens is 3. The van der Waals surface area contributed by atoms with Crippen LogP contribution in [0.2, 0.25) is 0 Å². The van der Waals surface area contributed by atoms with Crippen LogP contribution in [0.3, 0.4) is 0 Å². The fourth-order valence-electron chi connectivity index (χ4n) is 1.96. The van der Waals surface area contributed by atoms with Crippen molar-refractivity contribution in [3.05, 3.63) is 32.9 Å².